The van der Waals surface area contributed by atoms with Gasteiger partial charge in [0.1, 0.15) is 0 Å². The molecule has 0 fully saturated rings. The second kappa shape index (κ2) is 5.65. The summed E-state index contributed by atoms with van der Waals surface area (Å²) in [4.78, 5) is 11.4. The number of carbonyl (C=O) groups excluding carboxylic acids is 1. The van der Waals surface area contributed by atoms with E-state index in [4.69, 9.17) is 5.73 Å². The van der Waals surface area contributed by atoms with Crippen LogP contribution < -0.4 is 11.1 Å². The predicted molar refractivity (Wildman–Crippen MR) is 74.3 cm³/mol. The molecule has 0 radical (unpaired) electrons. The van der Waals surface area contributed by atoms with E-state index in [9.17, 15) is 4.79 Å². The third kappa shape index (κ3) is 2.87. The Hall–Kier alpha value is -1.87. The summed E-state index contributed by atoms with van der Waals surface area (Å²) in [6.07, 6.45) is 0.819. The molecule has 0 unspecified atom stereocenters. The SMILES string of the molecule is C[C@@H](N)C(=O)NCCc1cccc2ccccc12. The predicted octanol–water partition coefficient (Wildman–Crippen LogP) is 1.85. The number of carbonyl (C=O) groups is 1. The van der Waals surface area contributed by atoms with E-state index in [-0.39, 0.29) is 5.91 Å². The highest BCUT2D eigenvalue weighted by Gasteiger charge is 2.06. The van der Waals surface area contributed by atoms with Gasteiger partial charge in [-0.25, -0.2) is 0 Å². The molecule has 0 aromatic heterocycles. The lowest BCUT2D eigenvalue weighted by Gasteiger charge is -2.09. The highest BCUT2D eigenvalue weighted by Crippen LogP contribution is 2.18. The standard InChI is InChI=1S/C15H18N2O/c1-11(16)15(18)17-10-9-13-7-4-6-12-5-2-3-8-14(12)13/h2-8,11H,9-10,16H2,1H3,(H,17,18)/t11-/m1/s1. The van der Waals surface area contributed by atoms with Gasteiger partial charge in [0.2, 0.25) is 5.91 Å². The van der Waals surface area contributed by atoms with Gasteiger partial charge >= 0.3 is 0 Å². The summed E-state index contributed by atoms with van der Waals surface area (Å²) in [6.45, 7) is 2.31. The lowest BCUT2D eigenvalue weighted by molar-refractivity contribution is -0.121. The van der Waals surface area contributed by atoms with Crippen LogP contribution in [0.4, 0.5) is 0 Å². The zero-order chi connectivity index (χ0) is 13.0. The molecule has 0 saturated carbocycles. The Morgan fingerprint density at radius 1 is 1.22 bits per heavy atom. The maximum Gasteiger partial charge on any atom is 0.236 e. The largest absolute Gasteiger partial charge is 0.354 e. The summed E-state index contributed by atoms with van der Waals surface area (Å²) >= 11 is 0. The number of benzene rings is 2. The van der Waals surface area contributed by atoms with E-state index >= 15 is 0 Å². The lowest BCUT2D eigenvalue weighted by Crippen LogP contribution is -2.39. The van der Waals surface area contributed by atoms with Crippen molar-refractivity contribution in [2.24, 2.45) is 5.73 Å². The molecule has 94 valence electrons. The van der Waals surface area contributed by atoms with Crippen molar-refractivity contribution >= 4 is 16.7 Å². The molecule has 0 bridgehead atoms. The van der Waals surface area contributed by atoms with Crippen molar-refractivity contribution in [2.45, 2.75) is 19.4 Å². The van der Waals surface area contributed by atoms with Gasteiger partial charge in [0, 0.05) is 6.54 Å². The fraction of sp³-hybridized carbons (Fsp3) is 0.267. The molecule has 18 heavy (non-hydrogen) atoms. The van der Waals surface area contributed by atoms with E-state index in [1.54, 1.807) is 6.92 Å². The Morgan fingerprint density at radius 3 is 2.72 bits per heavy atom. The monoisotopic (exact) mass is 242 g/mol. The number of nitrogens with one attached hydrogen (secondary N) is 1. The fourth-order valence-electron chi connectivity index (χ4n) is 1.99. The molecule has 0 saturated heterocycles. The van der Waals surface area contributed by atoms with Gasteiger partial charge in [-0.2, -0.15) is 0 Å². The molecular weight excluding hydrogens is 224 g/mol. The second-order valence-electron chi connectivity index (χ2n) is 4.47. The van der Waals surface area contributed by atoms with Crippen molar-refractivity contribution in [3.05, 3.63) is 48.0 Å². The highest BCUT2D eigenvalue weighted by molar-refractivity contribution is 5.85. The van der Waals surface area contributed by atoms with E-state index in [2.05, 4.69) is 29.6 Å². The van der Waals surface area contributed by atoms with Gasteiger partial charge in [-0.05, 0) is 29.7 Å². The average Bonchev–Trinajstić information content (AvgIpc) is 2.38. The number of rotatable bonds is 4. The minimum atomic E-state index is -0.447. The smallest absolute Gasteiger partial charge is 0.236 e. The van der Waals surface area contributed by atoms with E-state index in [1.807, 2.05) is 18.2 Å². The Balaban J connectivity index is 2.06. The molecule has 0 aliphatic heterocycles. The van der Waals surface area contributed by atoms with Crippen LogP contribution in [0.5, 0.6) is 0 Å². The van der Waals surface area contributed by atoms with Crippen molar-refractivity contribution in [3.8, 4) is 0 Å². The molecule has 2 aromatic rings. The third-order valence-corrected chi connectivity index (χ3v) is 2.99. The van der Waals surface area contributed by atoms with Crippen LogP contribution in [0.15, 0.2) is 42.5 Å². The Bertz CT molecular complexity index is 544. The van der Waals surface area contributed by atoms with Crippen molar-refractivity contribution in [2.75, 3.05) is 6.54 Å². The van der Waals surface area contributed by atoms with Crippen LogP contribution in [0, 0.1) is 0 Å². The van der Waals surface area contributed by atoms with Gasteiger partial charge in [0.25, 0.3) is 0 Å². The zero-order valence-electron chi connectivity index (χ0n) is 10.5. The summed E-state index contributed by atoms with van der Waals surface area (Å²) < 4.78 is 0. The number of hydrogen-bond acceptors (Lipinski definition) is 2. The van der Waals surface area contributed by atoms with E-state index in [1.165, 1.54) is 16.3 Å². The van der Waals surface area contributed by atoms with E-state index < -0.39 is 6.04 Å². The number of hydrogen-bond donors (Lipinski definition) is 2. The Kier molecular flexibility index (Phi) is 3.95. The first-order chi connectivity index (χ1) is 8.68. The first-order valence-electron chi connectivity index (χ1n) is 6.18. The first kappa shape index (κ1) is 12.6. The van der Waals surface area contributed by atoms with Crippen molar-refractivity contribution in [1.29, 1.82) is 0 Å². The average molecular weight is 242 g/mol. The minimum Gasteiger partial charge on any atom is -0.354 e. The Labute approximate surface area is 107 Å². The molecule has 0 spiro atoms. The molecule has 1 atom stereocenters. The van der Waals surface area contributed by atoms with Gasteiger partial charge < -0.3 is 11.1 Å². The molecule has 0 aliphatic rings. The summed E-state index contributed by atoms with van der Waals surface area (Å²) in [5.74, 6) is -0.102. The number of amides is 1. The van der Waals surface area contributed by atoms with Crippen LogP contribution >= 0.6 is 0 Å². The van der Waals surface area contributed by atoms with Crippen molar-refractivity contribution in [3.63, 3.8) is 0 Å². The molecule has 0 aliphatic carbocycles. The Morgan fingerprint density at radius 2 is 1.94 bits per heavy atom. The molecule has 3 nitrogen and oxygen atoms in total. The highest BCUT2D eigenvalue weighted by atomic mass is 16.2. The van der Waals surface area contributed by atoms with Gasteiger partial charge in [0.05, 0.1) is 6.04 Å². The van der Waals surface area contributed by atoms with Crippen molar-refractivity contribution < 1.29 is 4.79 Å². The van der Waals surface area contributed by atoms with Crippen LogP contribution in [0.2, 0.25) is 0 Å². The lowest BCUT2D eigenvalue weighted by atomic mass is 10.0. The number of nitrogens with two attached hydrogens (primary N) is 1. The maximum absolute atomic E-state index is 11.4. The zero-order valence-corrected chi connectivity index (χ0v) is 10.5. The van der Waals surface area contributed by atoms with E-state index in [0.717, 1.165) is 6.42 Å². The van der Waals surface area contributed by atoms with Gasteiger partial charge in [-0.1, -0.05) is 42.5 Å². The normalized spacial score (nSPS) is 12.3. The molecule has 3 N–H and O–H groups in total. The molecular formula is C15H18N2O. The summed E-state index contributed by atoms with van der Waals surface area (Å²) in [5.41, 5.74) is 6.74. The van der Waals surface area contributed by atoms with Crippen LogP contribution in [-0.2, 0) is 11.2 Å². The molecule has 2 aromatic carbocycles. The summed E-state index contributed by atoms with van der Waals surface area (Å²) in [6, 6.07) is 14.1. The summed E-state index contributed by atoms with van der Waals surface area (Å²) in [5, 5.41) is 5.31. The van der Waals surface area contributed by atoms with Crippen molar-refractivity contribution in [1.82, 2.24) is 5.32 Å². The van der Waals surface area contributed by atoms with Crippen LogP contribution in [0.1, 0.15) is 12.5 Å². The van der Waals surface area contributed by atoms with Gasteiger partial charge in [-0.3, -0.25) is 4.79 Å². The van der Waals surface area contributed by atoms with Gasteiger partial charge in [-0.15, -0.1) is 0 Å². The summed E-state index contributed by atoms with van der Waals surface area (Å²) in [7, 11) is 0. The molecule has 2 rings (SSSR count). The van der Waals surface area contributed by atoms with Gasteiger partial charge in [0.15, 0.2) is 0 Å². The molecule has 0 heterocycles. The third-order valence-electron chi connectivity index (χ3n) is 2.99. The fourth-order valence-corrected chi connectivity index (χ4v) is 1.99. The topological polar surface area (TPSA) is 55.1 Å². The molecule has 1 amide bonds. The number of fused-ring (bicyclic) bond motifs is 1. The quantitative estimate of drug-likeness (QED) is 0.859. The molecule has 3 heteroatoms. The minimum absolute atomic E-state index is 0.102. The maximum atomic E-state index is 11.4. The second-order valence-corrected chi connectivity index (χ2v) is 4.47. The first-order valence-corrected chi connectivity index (χ1v) is 6.18. The van der Waals surface area contributed by atoms with Crippen LogP contribution in [0.3, 0.4) is 0 Å². The van der Waals surface area contributed by atoms with Crippen LogP contribution in [-0.4, -0.2) is 18.5 Å². The van der Waals surface area contributed by atoms with Crippen LogP contribution in [0.25, 0.3) is 10.8 Å². The van der Waals surface area contributed by atoms with E-state index in [0.29, 0.717) is 6.54 Å².